The van der Waals surface area contributed by atoms with Crippen molar-refractivity contribution in [3.8, 4) is 6.07 Å². The van der Waals surface area contributed by atoms with Gasteiger partial charge in [0.25, 0.3) is 0 Å². The van der Waals surface area contributed by atoms with Gasteiger partial charge in [0.05, 0.1) is 29.7 Å². The lowest BCUT2D eigenvalue weighted by Gasteiger charge is -2.40. The van der Waals surface area contributed by atoms with Crippen LogP contribution in [0.3, 0.4) is 0 Å². The summed E-state index contributed by atoms with van der Waals surface area (Å²) in [5.41, 5.74) is 0.241. The van der Waals surface area contributed by atoms with E-state index in [1.165, 1.54) is 16.8 Å². The van der Waals surface area contributed by atoms with Crippen LogP contribution >= 0.6 is 0 Å². The van der Waals surface area contributed by atoms with Crippen LogP contribution in [0.1, 0.15) is 37.7 Å². The fourth-order valence-electron chi connectivity index (χ4n) is 5.01. The van der Waals surface area contributed by atoms with Gasteiger partial charge >= 0.3 is 0 Å². The van der Waals surface area contributed by atoms with Crippen molar-refractivity contribution in [2.75, 3.05) is 39.4 Å². The number of halogens is 1. The summed E-state index contributed by atoms with van der Waals surface area (Å²) in [6.07, 6.45) is 5.12. The molecule has 0 N–H and O–H groups in total. The fourth-order valence-corrected chi connectivity index (χ4v) is 6.51. The van der Waals surface area contributed by atoms with E-state index in [1.54, 1.807) is 0 Å². The summed E-state index contributed by atoms with van der Waals surface area (Å²) in [6.45, 7) is 4.49. The Morgan fingerprint density at radius 2 is 1.82 bits per heavy atom. The minimum absolute atomic E-state index is 0.0243. The molecule has 0 amide bonds. The Bertz CT molecular complexity index is 869. The highest BCUT2D eigenvalue weighted by Gasteiger charge is 2.45. The highest BCUT2D eigenvalue weighted by Crippen LogP contribution is 2.48. The highest BCUT2D eigenvalue weighted by molar-refractivity contribution is 7.89. The molecule has 6 nitrogen and oxygen atoms in total. The van der Waals surface area contributed by atoms with E-state index in [0.29, 0.717) is 19.1 Å². The third-order valence-corrected chi connectivity index (χ3v) is 8.54. The van der Waals surface area contributed by atoms with E-state index in [4.69, 9.17) is 10.00 Å². The van der Waals surface area contributed by atoms with E-state index in [-0.39, 0.29) is 15.9 Å². The largest absolute Gasteiger partial charge is 0.379 e. The zero-order chi connectivity index (χ0) is 19.8. The number of benzene rings is 1. The molecule has 1 aromatic carbocycles. The summed E-state index contributed by atoms with van der Waals surface area (Å²) in [7, 11) is -3.78. The van der Waals surface area contributed by atoms with E-state index in [9.17, 15) is 12.8 Å². The summed E-state index contributed by atoms with van der Waals surface area (Å²) < 4.78 is 46.5. The first kappa shape index (κ1) is 19.8. The lowest BCUT2D eigenvalue weighted by Crippen LogP contribution is -2.45. The maximum absolute atomic E-state index is 13.7. The first-order valence-corrected chi connectivity index (χ1v) is 11.4. The number of piperidine rings is 1. The summed E-state index contributed by atoms with van der Waals surface area (Å²) in [5, 5.41) is 9.00. The summed E-state index contributed by atoms with van der Waals surface area (Å²) in [5.74, 6) is -0.699. The predicted octanol–water partition coefficient (Wildman–Crippen LogP) is 2.35. The first-order valence-electron chi connectivity index (χ1n) is 9.95. The van der Waals surface area contributed by atoms with E-state index in [2.05, 4.69) is 4.90 Å². The van der Waals surface area contributed by atoms with E-state index < -0.39 is 15.8 Å². The molecule has 1 unspecified atom stereocenters. The van der Waals surface area contributed by atoms with Crippen LogP contribution in [0.25, 0.3) is 0 Å². The van der Waals surface area contributed by atoms with Crippen LogP contribution in [-0.4, -0.2) is 63.1 Å². The molecule has 0 aromatic heterocycles. The molecule has 8 heteroatoms. The monoisotopic (exact) mass is 407 g/mol. The van der Waals surface area contributed by atoms with Crippen LogP contribution in [0.15, 0.2) is 23.1 Å². The topological polar surface area (TPSA) is 73.6 Å². The minimum atomic E-state index is -3.78. The molecule has 0 bridgehead atoms. The Labute approximate surface area is 165 Å². The molecule has 0 radical (unpaired) electrons. The van der Waals surface area contributed by atoms with E-state index in [0.717, 1.165) is 64.1 Å². The van der Waals surface area contributed by atoms with Gasteiger partial charge in [-0.1, -0.05) is 0 Å². The van der Waals surface area contributed by atoms with Gasteiger partial charge in [0.15, 0.2) is 0 Å². The van der Waals surface area contributed by atoms with E-state index in [1.807, 2.05) is 6.07 Å². The van der Waals surface area contributed by atoms with Crippen LogP contribution in [0.2, 0.25) is 0 Å². The van der Waals surface area contributed by atoms with Gasteiger partial charge in [0.2, 0.25) is 10.0 Å². The van der Waals surface area contributed by atoms with Gasteiger partial charge in [-0.15, -0.1) is 0 Å². The van der Waals surface area contributed by atoms with Crippen LogP contribution < -0.4 is 0 Å². The molecule has 2 aliphatic heterocycles. The summed E-state index contributed by atoms with van der Waals surface area (Å²) >= 11 is 0. The second kappa shape index (κ2) is 7.71. The molecule has 1 spiro atoms. The van der Waals surface area contributed by atoms with Gasteiger partial charge in [-0.3, -0.25) is 4.90 Å². The van der Waals surface area contributed by atoms with Crippen molar-refractivity contribution in [3.05, 3.63) is 29.6 Å². The van der Waals surface area contributed by atoms with Crippen LogP contribution in [0.4, 0.5) is 4.39 Å². The molecule has 2 saturated heterocycles. The molecule has 152 valence electrons. The predicted molar refractivity (Wildman–Crippen MR) is 102 cm³/mol. The van der Waals surface area contributed by atoms with Crippen molar-refractivity contribution in [3.63, 3.8) is 0 Å². The zero-order valence-corrected chi connectivity index (χ0v) is 16.8. The number of rotatable bonds is 3. The second-order valence-corrected chi connectivity index (χ2v) is 10.2. The molecule has 4 rings (SSSR count). The van der Waals surface area contributed by atoms with Crippen molar-refractivity contribution >= 4 is 10.0 Å². The van der Waals surface area contributed by atoms with Crippen molar-refractivity contribution in [1.82, 2.24) is 9.21 Å². The Hall–Kier alpha value is -1.53. The van der Waals surface area contributed by atoms with Crippen molar-refractivity contribution in [1.29, 1.82) is 5.26 Å². The summed E-state index contributed by atoms with van der Waals surface area (Å²) in [4.78, 5) is 2.40. The highest BCUT2D eigenvalue weighted by atomic mass is 32.2. The van der Waals surface area contributed by atoms with Crippen molar-refractivity contribution in [2.24, 2.45) is 5.41 Å². The number of morpholine rings is 1. The zero-order valence-electron chi connectivity index (χ0n) is 15.9. The third-order valence-electron chi connectivity index (χ3n) is 6.66. The Morgan fingerprint density at radius 3 is 2.50 bits per heavy atom. The van der Waals surface area contributed by atoms with Gasteiger partial charge in [0.1, 0.15) is 5.82 Å². The Balaban J connectivity index is 1.43. The van der Waals surface area contributed by atoms with Crippen molar-refractivity contribution < 1.29 is 17.5 Å². The van der Waals surface area contributed by atoms with Gasteiger partial charge < -0.3 is 4.74 Å². The smallest absolute Gasteiger partial charge is 0.243 e. The van der Waals surface area contributed by atoms with Gasteiger partial charge in [-0.25, -0.2) is 12.8 Å². The van der Waals surface area contributed by atoms with E-state index >= 15 is 0 Å². The van der Waals surface area contributed by atoms with Crippen LogP contribution in [0.5, 0.6) is 0 Å². The standard InChI is InChI=1S/C20H26FN3O3S/c21-17-11-16(15-22)12-19(13-17)28(25,26)24-5-3-20(4-6-24)2-1-18(14-20)23-7-9-27-10-8-23/h11-13,18H,1-10,14H2. The maximum atomic E-state index is 13.7. The van der Waals surface area contributed by atoms with Gasteiger partial charge in [-0.2, -0.15) is 9.57 Å². The van der Waals surface area contributed by atoms with Gasteiger partial charge in [-0.05, 0) is 55.7 Å². The Kier molecular flexibility index (Phi) is 5.45. The quantitative estimate of drug-likeness (QED) is 0.769. The normalized spacial score (nSPS) is 26.4. The molecular weight excluding hydrogens is 381 g/mol. The van der Waals surface area contributed by atoms with Crippen LogP contribution in [0, 0.1) is 22.6 Å². The molecule has 3 aliphatic rings. The number of nitriles is 1. The lowest BCUT2D eigenvalue weighted by molar-refractivity contribution is 0.0137. The molecule has 3 fully saturated rings. The summed E-state index contributed by atoms with van der Waals surface area (Å²) in [6, 6.07) is 5.71. The average Bonchev–Trinajstić information content (AvgIpc) is 3.12. The number of ether oxygens (including phenoxy) is 1. The molecule has 2 heterocycles. The minimum Gasteiger partial charge on any atom is -0.379 e. The van der Waals surface area contributed by atoms with Crippen LogP contribution in [-0.2, 0) is 14.8 Å². The molecule has 28 heavy (non-hydrogen) atoms. The molecule has 1 atom stereocenters. The Morgan fingerprint density at radius 1 is 1.11 bits per heavy atom. The number of sulfonamides is 1. The molecule has 1 saturated carbocycles. The van der Waals surface area contributed by atoms with Crippen molar-refractivity contribution in [2.45, 2.75) is 43.0 Å². The van der Waals surface area contributed by atoms with Gasteiger partial charge in [0, 0.05) is 32.2 Å². The SMILES string of the molecule is N#Cc1cc(F)cc(S(=O)(=O)N2CCC3(CCC(N4CCOCC4)C3)CC2)c1. The first-order chi connectivity index (χ1) is 13.4. The number of nitrogens with zero attached hydrogens (tertiary/aromatic N) is 3. The average molecular weight is 408 g/mol. The molecular formula is C20H26FN3O3S. The number of hydrogen-bond donors (Lipinski definition) is 0. The fraction of sp³-hybridized carbons (Fsp3) is 0.650. The third kappa shape index (κ3) is 3.81. The second-order valence-electron chi connectivity index (χ2n) is 8.24. The maximum Gasteiger partial charge on any atom is 0.243 e. The molecule has 1 aliphatic carbocycles. The lowest BCUT2D eigenvalue weighted by atomic mass is 9.77. The molecule has 1 aromatic rings. The number of hydrogen-bond acceptors (Lipinski definition) is 5.